The van der Waals surface area contributed by atoms with E-state index in [2.05, 4.69) is 34.9 Å². The molecule has 3 aromatic rings. The molecule has 1 atom stereocenters. The standard InChI is InChI=1S/C25H26N2O3S/c28-24(17-31-16-19-9-5-8-18-7-1-2-11-21(18)19)27-23-13-4-3-12-22(23)25(29)26-15-20-10-6-14-30-20/h1-5,7-9,11-13,20H,6,10,14-17H2,(H,26,29)(H,27,28). The van der Waals surface area contributed by atoms with Crippen molar-refractivity contribution in [3.63, 3.8) is 0 Å². The van der Waals surface area contributed by atoms with Crippen LogP contribution in [0.1, 0.15) is 28.8 Å². The molecular weight excluding hydrogens is 408 g/mol. The molecule has 0 aliphatic carbocycles. The van der Waals surface area contributed by atoms with Gasteiger partial charge in [-0.3, -0.25) is 9.59 Å². The topological polar surface area (TPSA) is 67.4 Å². The Labute approximate surface area is 186 Å². The maximum atomic E-state index is 12.6. The number of carbonyl (C=O) groups excluding carboxylic acids is 2. The molecule has 2 N–H and O–H groups in total. The predicted octanol–water partition coefficient (Wildman–Crippen LogP) is 4.62. The number of thioether (sulfide) groups is 1. The van der Waals surface area contributed by atoms with E-state index in [4.69, 9.17) is 4.74 Å². The van der Waals surface area contributed by atoms with E-state index in [-0.39, 0.29) is 17.9 Å². The maximum Gasteiger partial charge on any atom is 0.253 e. The fraction of sp³-hybridized carbons (Fsp3) is 0.280. The Bertz CT molecular complexity index is 1060. The van der Waals surface area contributed by atoms with E-state index in [9.17, 15) is 9.59 Å². The highest BCUT2D eigenvalue weighted by atomic mass is 32.2. The molecule has 1 saturated heterocycles. The molecule has 4 rings (SSSR count). The number of anilines is 1. The molecule has 5 nitrogen and oxygen atoms in total. The van der Waals surface area contributed by atoms with Crippen molar-refractivity contribution in [2.24, 2.45) is 0 Å². The van der Waals surface area contributed by atoms with Gasteiger partial charge in [0.15, 0.2) is 0 Å². The summed E-state index contributed by atoms with van der Waals surface area (Å²) in [5, 5.41) is 8.22. The lowest BCUT2D eigenvalue weighted by atomic mass is 10.1. The van der Waals surface area contributed by atoms with Gasteiger partial charge in [-0.15, -0.1) is 11.8 Å². The summed E-state index contributed by atoms with van der Waals surface area (Å²) in [7, 11) is 0. The summed E-state index contributed by atoms with van der Waals surface area (Å²) in [4.78, 5) is 25.1. The van der Waals surface area contributed by atoms with E-state index in [0.29, 0.717) is 23.5 Å². The molecule has 1 heterocycles. The number of rotatable bonds is 8. The molecule has 3 aromatic carbocycles. The number of amides is 2. The number of hydrogen-bond acceptors (Lipinski definition) is 4. The van der Waals surface area contributed by atoms with Crippen LogP contribution in [0.25, 0.3) is 10.8 Å². The molecule has 0 spiro atoms. The van der Waals surface area contributed by atoms with Crippen molar-refractivity contribution in [1.82, 2.24) is 5.32 Å². The first-order valence-corrected chi connectivity index (χ1v) is 11.7. The van der Waals surface area contributed by atoms with Crippen molar-refractivity contribution in [1.29, 1.82) is 0 Å². The molecule has 6 heteroatoms. The molecule has 1 unspecified atom stereocenters. The Morgan fingerprint density at radius 1 is 1.00 bits per heavy atom. The minimum atomic E-state index is -0.199. The number of hydrogen-bond donors (Lipinski definition) is 2. The minimum Gasteiger partial charge on any atom is -0.376 e. The fourth-order valence-corrected chi connectivity index (χ4v) is 4.59. The summed E-state index contributed by atoms with van der Waals surface area (Å²) < 4.78 is 5.55. The van der Waals surface area contributed by atoms with Crippen LogP contribution in [0.2, 0.25) is 0 Å². The Morgan fingerprint density at radius 3 is 2.68 bits per heavy atom. The Balaban J connectivity index is 1.31. The van der Waals surface area contributed by atoms with Crippen molar-refractivity contribution in [2.75, 3.05) is 24.2 Å². The third-order valence-corrected chi connectivity index (χ3v) is 6.31. The number of benzene rings is 3. The van der Waals surface area contributed by atoms with Crippen LogP contribution in [-0.2, 0) is 15.3 Å². The average Bonchev–Trinajstić information content (AvgIpc) is 3.32. The summed E-state index contributed by atoms with van der Waals surface area (Å²) in [6.45, 7) is 1.24. The predicted molar refractivity (Wildman–Crippen MR) is 126 cm³/mol. The number of para-hydroxylation sites is 1. The SMILES string of the molecule is O=C(CSCc1cccc2ccccc12)Nc1ccccc1C(=O)NCC1CCCO1. The van der Waals surface area contributed by atoms with E-state index in [1.807, 2.05) is 24.3 Å². The van der Waals surface area contributed by atoms with Gasteiger partial charge in [-0.1, -0.05) is 54.6 Å². The number of ether oxygens (including phenoxy) is 1. The van der Waals surface area contributed by atoms with Crippen LogP contribution >= 0.6 is 11.8 Å². The maximum absolute atomic E-state index is 12.6. The molecule has 2 amide bonds. The molecule has 0 saturated carbocycles. The van der Waals surface area contributed by atoms with E-state index in [0.717, 1.165) is 25.2 Å². The molecule has 160 valence electrons. The lowest BCUT2D eigenvalue weighted by Gasteiger charge is -2.14. The largest absolute Gasteiger partial charge is 0.376 e. The van der Waals surface area contributed by atoms with Gasteiger partial charge in [-0.2, -0.15) is 0 Å². The minimum absolute atomic E-state index is 0.0798. The molecular formula is C25H26N2O3S. The van der Waals surface area contributed by atoms with Crippen molar-refractivity contribution in [2.45, 2.75) is 24.7 Å². The first-order chi connectivity index (χ1) is 15.2. The normalized spacial score (nSPS) is 15.7. The summed E-state index contributed by atoms with van der Waals surface area (Å²) >= 11 is 1.56. The van der Waals surface area contributed by atoms with Crippen LogP contribution in [0, 0.1) is 0 Å². The Morgan fingerprint density at radius 2 is 1.81 bits per heavy atom. The lowest BCUT2D eigenvalue weighted by Crippen LogP contribution is -2.32. The van der Waals surface area contributed by atoms with Gasteiger partial charge < -0.3 is 15.4 Å². The summed E-state index contributed by atoms with van der Waals surface area (Å²) in [5.74, 6) is 0.743. The quantitative estimate of drug-likeness (QED) is 0.543. The van der Waals surface area contributed by atoms with Crippen LogP contribution in [0.4, 0.5) is 5.69 Å². The Kier molecular flexibility index (Phi) is 7.22. The smallest absolute Gasteiger partial charge is 0.253 e. The third-order valence-electron chi connectivity index (χ3n) is 5.33. The monoisotopic (exact) mass is 434 g/mol. The highest BCUT2D eigenvalue weighted by Crippen LogP contribution is 2.23. The van der Waals surface area contributed by atoms with Gasteiger partial charge in [-0.25, -0.2) is 0 Å². The first-order valence-electron chi connectivity index (χ1n) is 10.5. The van der Waals surface area contributed by atoms with Gasteiger partial charge in [0.2, 0.25) is 5.91 Å². The zero-order valence-electron chi connectivity index (χ0n) is 17.3. The number of carbonyl (C=O) groups is 2. The first kappa shape index (κ1) is 21.4. The molecule has 1 aliphatic heterocycles. The highest BCUT2D eigenvalue weighted by Gasteiger charge is 2.18. The Hall–Kier alpha value is -2.83. The van der Waals surface area contributed by atoms with Crippen molar-refractivity contribution < 1.29 is 14.3 Å². The second-order valence-corrected chi connectivity index (χ2v) is 8.56. The van der Waals surface area contributed by atoms with Gasteiger partial charge in [0, 0.05) is 18.9 Å². The summed E-state index contributed by atoms with van der Waals surface area (Å²) in [6, 6.07) is 21.6. The zero-order valence-corrected chi connectivity index (χ0v) is 18.1. The second-order valence-electron chi connectivity index (χ2n) is 7.57. The second kappa shape index (κ2) is 10.5. The van der Waals surface area contributed by atoms with E-state index >= 15 is 0 Å². The molecule has 31 heavy (non-hydrogen) atoms. The van der Waals surface area contributed by atoms with E-state index in [1.54, 1.807) is 30.0 Å². The van der Waals surface area contributed by atoms with Gasteiger partial charge in [0.05, 0.1) is 23.1 Å². The molecule has 1 fully saturated rings. The van der Waals surface area contributed by atoms with Crippen LogP contribution in [0.15, 0.2) is 66.7 Å². The summed E-state index contributed by atoms with van der Waals surface area (Å²) in [6.07, 6.45) is 2.08. The van der Waals surface area contributed by atoms with Gasteiger partial charge in [0.25, 0.3) is 5.91 Å². The molecule has 1 aliphatic rings. The van der Waals surface area contributed by atoms with Crippen molar-refractivity contribution in [3.8, 4) is 0 Å². The van der Waals surface area contributed by atoms with E-state index in [1.165, 1.54) is 16.3 Å². The molecule has 0 bridgehead atoms. The van der Waals surface area contributed by atoms with Gasteiger partial charge >= 0.3 is 0 Å². The van der Waals surface area contributed by atoms with Crippen LogP contribution in [0.5, 0.6) is 0 Å². The van der Waals surface area contributed by atoms with Crippen LogP contribution in [-0.4, -0.2) is 36.8 Å². The molecule has 0 radical (unpaired) electrons. The van der Waals surface area contributed by atoms with E-state index < -0.39 is 0 Å². The lowest BCUT2D eigenvalue weighted by molar-refractivity contribution is -0.113. The van der Waals surface area contributed by atoms with Gasteiger partial charge in [-0.05, 0) is 41.3 Å². The highest BCUT2D eigenvalue weighted by molar-refractivity contribution is 7.99. The van der Waals surface area contributed by atoms with Crippen molar-refractivity contribution in [3.05, 3.63) is 77.9 Å². The van der Waals surface area contributed by atoms with Crippen molar-refractivity contribution >= 4 is 40.0 Å². The fourth-order valence-electron chi connectivity index (χ4n) is 3.76. The summed E-state index contributed by atoms with van der Waals surface area (Å²) in [5.41, 5.74) is 2.21. The van der Waals surface area contributed by atoms with Crippen LogP contribution in [0.3, 0.4) is 0 Å². The third kappa shape index (κ3) is 5.66. The number of nitrogens with one attached hydrogen (secondary N) is 2. The average molecular weight is 435 g/mol. The van der Waals surface area contributed by atoms with Crippen LogP contribution < -0.4 is 10.6 Å². The number of fused-ring (bicyclic) bond motifs is 1. The zero-order chi connectivity index (χ0) is 21.5. The van der Waals surface area contributed by atoms with Gasteiger partial charge in [0.1, 0.15) is 0 Å². The molecule has 0 aromatic heterocycles.